The summed E-state index contributed by atoms with van der Waals surface area (Å²) in [7, 11) is 0. The number of piperidine rings is 1. The Morgan fingerprint density at radius 2 is 1.77 bits per heavy atom. The molecule has 0 aliphatic carbocycles. The van der Waals surface area contributed by atoms with Crippen LogP contribution in [0.2, 0.25) is 0 Å². The van der Waals surface area contributed by atoms with E-state index >= 15 is 0 Å². The normalized spacial score (nSPS) is 18.9. The third kappa shape index (κ3) is 7.56. The lowest BCUT2D eigenvalue weighted by molar-refractivity contribution is -0.165. The Labute approximate surface area is 272 Å². The van der Waals surface area contributed by atoms with Crippen molar-refractivity contribution < 1.29 is 24.6 Å². The van der Waals surface area contributed by atoms with E-state index in [4.69, 9.17) is 10.2 Å². The van der Waals surface area contributed by atoms with E-state index in [0.29, 0.717) is 44.6 Å². The van der Waals surface area contributed by atoms with E-state index in [0.717, 1.165) is 35.5 Å². The molecular formula is C31H48Cl2N6O5. The number of nitrogens with zero attached hydrogens (tertiary/aromatic N) is 4. The Morgan fingerprint density at radius 3 is 2.34 bits per heavy atom. The van der Waals surface area contributed by atoms with E-state index in [1.165, 1.54) is 0 Å². The van der Waals surface area contributed by atoms with Crippen molar-refractivity contribution in [3.8, 4) is 5.69 Å². The van der Waals surface area contributed by atoms with Crippen LogP contribution in [0.1, 0.15) is 73.8 Å². The smallest absolute Gasteiger partial charge is 0.251 e. The van der Waals surface area contributed by atoms with Gasteiger partial charge in [-0.05, 0) is 63.3 Å². The highest BCUT2D eigenvalue weighted by atomic mass is 35.5. The maximum atomic E-state index is 13.6. The Kier molecular flexibility index (Phi) is 13.7. The van der Waals surface area contributed by atoms with Crippen LogP contribution in [0.3, 0.4) is 0 Å². The zero-order valence-corrected chi connectivity index (χ0v) is 28.0. The molecule has 0 unspecified atom stereocenters. The molecule has 2 aliphatic rings. The molecule has 3 heterocycles. The third-order valence-corrected chi connectivity index (χ3v) is 8.80. The van der Waals surface area contributed by atoms with Crippen molar-refractivity contribution in [1.29, 1.82) is 0 Å². The van der Waals surface area contributed by atoms with Crippen molar-refractivity contribution in [3.05, 3.63) is 46.8 Å². The number of carbonyl (C=O) groups excluding carboxylic acids is 3. The molecule has 0 radical (unpaired) electrons. The minimum Gasteiger partial charge on any atom is -0.395 e. The molecular weight excluding hydrogens is 607 g/mol. The number of carbonyl (C=O) groups is 3. The van der Waals surface area contributed by atoms with Gasteiger partial charge in [-0.15, -0.1) is 24.8 Å². The molecule has 246 valence electrons. The van der Waals surface area contributed by atoms with E-state index in [1.807, 2.05) is 44.5 Å². The number of aryl methyl sites for hydroxylation is 1. The Morgan fingerprint density at radius 1 is 1.14 bits per heavy atom. The van der Waals surface area contributed by atoms with Crippen LogP contribution < -0.4 is 10.6 Å². The number of aliphatic hydroxyl groups excluding tert-OH is 2. The van der Waals surface area contributed by atoms with E-state index in [2.05, 4.69) is 22.5 Å². The fourth-order valence-electron chi connectivity index (χ4n) is 6.08. The number of hydrogen-bond donors (Lipinski definition) is 4. The topological polar surface area (TPSA) is 140 Å². The average Bonchev–Trinajstić information content (AvgIpc) is 3.26. The van der Waals surface area contributed by atoms with E-state index in [1.54, 1.807) is 17.0 Å². The molecule has 2 atom stereocenters. The van der Waals surface area contributed by atoms with Gasteiger partial charge in [0.05, 0.1) is 24.1 Å². The molecule has 13 heteroatoms. The third-order valence-electron chi connectivity index (χ3n) is 8.80. The Hall–Kier alpha value is -2.70. The van der Waals surface area contributed by atoms with Crippen LogP contribution in [0.25, 0.3) is 5.69 Å². The molecule has 2 aromatic rings. The fraction of sp³-hybridized carbons (Fsp3) is 0.613. The maximum absolute atomic E-state index is 13.6. The number of nitrogens with one attached hydrogen (secondary N) is 2. The van der Waals surface area contributed by atoms with Crippen LogP contribution in [0.4, 0.5) is 0 Å². The number of aliphatic hydroxyl groups is 2. The molecule has 3 amide bonds. The number of unbranched alkanes of at least 4 members (excludes halogenated alkanes) is 1. The number of piperazine rings is 1. The minimum absolute atomic E-state index is 0. The lowest BCUT2D eigenvalue weighted by Crippen LogP contribution is -2.74. The second-order valence-electron chi connectivity index (χ2n) is 11.9. The summed E-state index contributed by atoms with van der Waals surface area (Å²) in [6, 6.07) is 6.30. The molecule has 1 aromatic heterocycles. The van der Waals surface area contributed by atoms with Gasteiger partial charge in [0, 0.05) is 49.5 Å². The van der Waals surface area contributed by atoms with Gasteiger partial charge in [-0.25, -0.2) is 4.68 Å². The fourth-order valence-corrected chi connectivity index (χ4v) is 6.08. The molecule has 0 bridgehead atoms. The summed E-state index contributed by atoms with van der Waals surface area (Å²) < 4.78 is 1.88. The van der Waals surface area contributed by atoms with Gasteiger partial charge in [-0.1, -0.05) is 27.2 Å². The molecule has 2 fully saturated rings. The standard InChI is InChI=1S/C31H46N6O5.2ClH/c1-6-7-15-36-29(41)26(27(39)20(2)3)33-30(42)31(36)12-16-35(17-13-31)19-25-21(4)34-37(22(25)5)24-10-8-23(9-11-24)28(40)32-14-18-38;;/h8-11,20,26-27,38-39H,6-7,12-19H2,1-5H3,(H,32,40)(H,33,42);2*1H/t26-,27-;;/m1../s1. The summed E-state index contributed by atoms with van der Waals surface area (Å²) in [5.74, 6) is -0.718. The first kappa shape index (κ1) is 37.5. The SMILES string of the molecule is CCCCN1C(=O)[C@@H]([C@H](O)C(C)C)NC(=O)C12CCN(Cc1c(C)nn(-c3ccc(C(=O)NCCO)cc3)c1C)CC2.Cl.Cl. The number of halogens is 2. The molecule has 1 aromatic carbocycles. The Bertz CT molecular complexity index is 1280. The first-order valence-corrected chi connectivity index (χ1v) is 15.1. The van der Waals surface area contributed by atoms with Crippen molar-refractivity contribution in [2.45, 2.75) is 84.5 Å². The number of aromatic nitrogens is 2. The summed E-state index contributed by atoms with van der Waals surface area (Å²) in [5.41, 5.74) is 3.50. The van der Waals surface area contributed by atoms with Gasteiger partial charge in [0.25, 0.3) is 5.91 Å². The maximum Gasteiger partial charge on any atom is 0.251 e. The van der Waals surface area contributed by atoms with Crippen molar-refractivity contribution in [2.24, 2.45) is 5.92 Å². The number of rotatable bonds is 11. The van der Waals surface area contributed by atoms with Crippen LogP contribution in [0.5, 0.6) is 0 Å². The van der Waals surface area contributed by atoms with Gasteiger partial charge in [0.15, 0.2) is 0 Å². The van der Waals surface area contributed by atoms with Crippen LogP contribution in [0, 0.1) is 19.8 Å². The largest absolute Gasteiger partial charge is 0.395 e. The Balaban J connectivity index is 0.00000337. The van der Waals surface area contributed by atoms with E-state index in [-0.39, 0.29) is 61.6 Å². The lowest BCUT2D eigenvalue weighted by Gasteiger charge is -2.52. The number of amides is 3. The molecule has 2 saturated heterocycles. The zero-order valence-electron chi connectivity index (χ0n) is 26.3. The average molecular weight is 656 g/mol. The molecule has 11 nitrogen and oxygen atoms in total. The second-order valence-corrected chi connectivity index (χ2v) is 11.9. The van der Waals surface area contributed by atoms with Gasteiger partial charge < -0.3 is 25.7 Å². The molecule has 44 heavy (non-hydrogen) atoms. The molecule has 0 saturated carbocycles. The highest BCUT2D eigenvalue weighted by molar-refractivity contribution is 6.00. The summed E-state index contributed by atoms with van der Waals surface area (Å²) in [6.07, 6.45) is 1.86. The van der Waals surface area contributed by atoms with E-state index < -0.39 is 17.7 Å². The number of hydrogen-bond acceptors (Lipinski definition) is 7. The molecule has 1 spiro atoms. The predicted octanol–water partition coefficient (Wildman–Crippen LogP) is 2.53. The summed E-state index contributed by atoms with van der Waals surface area (Å²) in [6.45, 7) is 12.4. The minimum atomic E-state index is -0.926. The van der Waals surface area contributed by atoms with Crippen molar-refractivity contribution in [1.82, 2.24) is 30.2 Å². The zero-order chi connectivity index (χ0) is 30.6. The lowest BCUT2D eigenvalue weighted by atomic mass is 9.80. The first-order chi connectivity index (χ1) is 20.0. The van der Waals surface area contributed by atoms with E-state index in [9.17, 15) is 19.5 Å². The molecule has 4 rings (SSSR count). The van der Waals surface area contributed by atoms with Crippen molar-refractivity contribution in [2.75, 3.05) is 32.8 Å². The van der Waals surface area contributed by atoms with Crippen molar-refractivity contribution >= 4 is 42.5 Å². The second kappa shape index (κ2) is 16.0. The van der Waals surface area contributed by atoms with Gasteiger partial charge in [0.2, 0.25) is 11.8 Å². The number of likely N-dealkylation sites (tertiary alicyclic amines) is 1. The highest BCUT2D eigenvalue weighted by Crippen LogP contribution is 2.35. The molecule has 2 aliphatic heterocycles. The van der Waals surface area contributed by atoms with Crippen LogP contribution in [0.15, 0.2) is 24.3 Å². The number of benzene rings is 1. The highest BCUT2D eigenvalue weighted by Gasteiger charge is 2.54. The monoisotopic (exact) mass is 654 g/mol. The van der Waals surface area contributed by atoms with Gasteiger partial charge >= 0.3 is 0 Å². The van der Waals surface area contributed by atoms with Crippen LogP contribution in [-0.4, -0.2) is 98.0 Å². The first-order valence-electron chi connectivity index (χ1n) is 15.1. The van der Waals surface area contributed by atoms with Gasteiger partial charge in [-0.3, -0.25) is 19.3 Å². The van der Waals surface area contributed by atoms with Gasteiger partial charge in [0.1, 0.15) is 11.6 Å². The summed E-state index contributed by atoms with van der Waals surface area (Å²) >= 11 is 0. The van der Waals surface area contributed by atoms with Crippen molar-refractivity contribution in [3.63, 3.8) is 0 Å². The summed E-state index contributed by atoms with van der Waals surface area (Å²) in [5, 5.41) is 29.9. The predicted molar refractivity (Wildman–Crippen MR) is 174 cm³/mol. The molecule has 4 N–H and O–H groups in total. The van der Waals surface area contributed by atoms with Crippen LogP contribution >= 0.6 is 24.8 Å². The van der Waals surface area contributed by atoms with Crippen LogP contribution in [-0.2, 0) is 16.1 Å². The van der Waals surface area contributed by atoms with Gasteiger partial charge in [-0.2, -0.15) is 5.10 Å². The summed E-state index contributed by atoms with van der Waals surface area (Å²) in [4.78, 5) is 43.5. The quantitative estimate of drug-likeness (QED) is 0.292.